The molecule has 3 atom stereocenters. The molecule has 4 rings (SSSR count). The number of rotatable bonds is 2. The number of carbonyl (C=O) groups excluding carboxylic acids is 1. The number of halogens is 1. The van der Waals surface area contributed by atoms with E-state index in [0.29, 0.717) is 23.8 Å². The Hall–Kier alpha value is -1.14. The van der Waals surface area contributed by atoms with E-state index >= 15 is 0 Å². The summed E-state index contributed by atoms with van der Waals surface area (Å²) >= 11 is 0. The van der Waals surface area contributed by atoms with Gasteiger partial charge in [0.1, 0.15) is 5.82 Å². The van der Waals surface area contributed by atoms with Crippen molar-refractivity contribution in [3.63, 3.8) is 0 Å². The number of nitrogens with zero attached hydrogens (tertiary/aromatic N) is 3. The second-order valence-electron chi connectivity index (χ2n) is 8.10. The van der Waals surface area contributed by atoms with Crippen molar-refractivity contribution >= 4 is 18.3 Å². The number of amides is 1. The number of piperidine rings is 1. The van der Waals surface area contributed by atoms with E-state index in [0.717, 1.165) is 50.4 Å². The summed E-state index contributed by atoms with van der Waals surface area (Å²) in [6.45, 7) is 3.58. The van der Waals surface area contributed by atoms with Crippen LogP contribution in [0.3, 0.4) is 0 Å². The van der Waals surface area contributed by atoms with Crippen LogP contribution < -0.4 is 5.73 Å². The van der Waals surface area contributed by atoms with Crippen molar-refractivity contribution in [1.82, 2.24) is 20.1 Å². The zero-order valence-electron chi connectivity index (χ0n) is 15.0. The van der Waals surface area contributed by atoms with E-state index < -0.39 is 0 Å². The molecule has 1 amide bonds. The molecular weight excluding hydrogens is 338 g/mol. The summed E-state index contributed by atoms with van der Waals surface area (Å²) in [5, 5.41) is 7.24. The SMILES string of the molecule is Cc1nc(C2CCCN(C(=O)C3CC4CCCC(C3)C4N)C2)n[nH]1.Cl. The summed E-state index contributed by atoms with van der Waals surface area (Å²) in [4.78, 5) is 19.7. The standard InChI is InChI=1S/C18H29N5O.ClH/c1-11-20-17(22-21-11)14-6-3-7-23(10-14)18(24)15-8-12-4-2-5-13(9-15)16(12)19;/h12-16H,2-10,19H2,1H3,(H,20,21,22);1H. The first kappa shape index (κ1) is 18.6. The molecule has 1 aromatic rings. The highest BCUT2D eigenvalue weighted by Gasteiger charge is 2.42. The number of hydrogen-bond donors (Lipinski definition) is 2. The third-order valence-electron chi connectivity index (χ3n) is 6.47. The van der Waals surface area contributed by atoms with Crippen LogP contribution >= 0.6 is 12.4 Å². The minimum atomic E-state index is 0. The fourth-order valence-electron chi connectivity index (χ4n) is 5.18. The summed E-state index contributed by atoms with van der Waals surface area (Å²) in [6.07, 6.45) is 7.82. The van der Waals surface area contributed by atoms with Gasteiger partial charge in [-0.15, -0.1) is 12.4 Å². The molecule has 3 N–H and O–H groups in total. The number of aryl methyl sites for hydroxylation is 1. The van der Waals surface area contributed by atoms with Gasteiger partial charge in [0, 0.05) is 31.0 Å². The number of likely N-dealkylation sites (tertiary alicyclic amines) is 1. The topological polar surface area (TPSA) is 87.9 Å². The Balaban J connectivity index is 0.00000182. The Morgan fingerprint density at radius 2 is 1.92 bits per heavy atom. The molecule has 6 nitrogen and oxygen atoms in total. The number of aromatic nitrogens is 3. The second kappa shape index (κ2) is 7.62. The Morgan fingerprint density at radius 1 is 1.20 bits per heavy atom. The lowest BCUT2D eigenvalue weighted by Crippen LogP contribution is -2.51. The van der Waals surface area contributed by atoms with Gasteiger partial charge >= 0.3 is 0 Å². The lowest BCUT2D eigenvalue weighted by molar-refractivity contribution is -0.139. The summed E-state index contributed by atoms with van der Waals surface area (Å²) in [7, 11) is 0. The van der Waals surface area contributed by atoms with Gasteiger partial charge in [0.05, 0.1) is 0 Å². The average Bonchev–Trinajstić information content (AvgIpc) is 3.01. The van der Waals surface area contributed by atoms with Gasteiger partial charge in [-0.1, -0.05) is 6.42 Å². The number of fused-ring (bicyclic) bond motifs is 2. The molecule has 1 aromatic heterocycles. The average molecular weight is 368 g/mol. The highest BCUT2D eigenvalue weighted by molar-refractivity contribution is 5.85. The highest BCUT2D eigenvalue weighted by atomic mass is 35.5. The summed E-state index contributed by atoms with van der Waals surface area (Å²) < 4.78 is 0. The van der Waals surface area contributed by atoms with E-state index in [4.69, 9.17) is 5.73 Å². The van der Waals surface area contributed by atoms with E-state index in [2.05, 4.69) is 20.1 Å². The lowest BCUT2D eigenvalue weighted by atomic mass is 9.65. The van der Waals surface area contributed by atoms with Crippen LogP contribution in [0.25, 0.3) is 0 Å². The van der Waals surface area contributed by atoms with E-state index in [-0.39, 0.29) is 24.2 Å². The predicted octanol–water partition coefficient (Wildman–Crippen LogP) is 2.39. The van der Waals surface area contributed by atoms with Gasteiger partial charge in [-0.2, -0.15) is 5.10 Å². The van der Waals surface area contributed by atoms with Gasteiger partial charge in [0.25, 0.3) is 0 Å². The normalized spacial score (nSPS) is 35.1. The van der Waals surface area contributed by atoms with Gasteiger partial charge in [0.2, 0.25) is 5.91 Å². The molecular formula is C18H30ClN5O. The molecule has 25 heavy (non-hydrogen) atoms. The van der Waals surface area contributed by atoms with E-state index in [1.807, 2.05) is 6.92 Å². The summed E-state index contributed by atoms with van der Waals surface area (Å²) in [5.41, 5.74) is 6.38. The number of nitrogens with two attached hydrogens (primary N) is 1. The van der Waals surface area contributed by atoms with Gasteiger partial charge in [-0.25, -0.2) is 4.98 Å². The minimum Gasteiger partial charge on any atom is -0.342 e. The zero-order chi connectivity index (χ0) is 16.7. The fourth-order valence-corrected chi connectivity index (χ4v) is 5.18. The molecule has 0 radical (unpaired) electrons. The molecule has 3 aliphatic rings. The molecule has 7 heteroatoms. The minimum absolute atomic E-state index is 0. The van der Waals surface area contributed by atoms with Crippen LogP contribution in [0.15, 0.2) is 0 Å². The number of aromatic amines is 1. The van der Waals surface area contributed by atoms with Crippen molar-refractivity contribution < 1.29 is 4.79 Å². The maximum atomic E-state index is 13.1. The summed E-state index contributed by atoms with van der Waals surface area (Å²) in [5.74, 6) is 3.65. The molecule has 3 unspecified atom stereocenters. The van der Waals surface area contributed by atoms with Crippen LogP contribution in [0.1, 0.15) is 62.5 Å². The van der Waals surface area contributed by atoms with Gasteiger partial charge in [-0.3, -0.25) is 9.89 Å². The largest absolute Gasteiger partial charge is 0.342 e. The first-order valence-corrected chi connectivity index (χ1v) is 9.55. The van der Waals surface area contributed by atoms with Crippen LogP contribution in [0.2, 0.25) is 0 Å². The Morgan fingerprint density at radius 3 is 2.56 bits per heavy atom. The van der Waals surface area contributed by atoms with E-state index in [1.54, 1.807) is 0 Å². The monoisotopic (exact) mass is 367 g/mol. The number of H-pyrrole nitrogens is 1. The number of nitrogens with one attached hydrogen (secondary N) is 1. The molecule has 2 heterocycles. The third kappa shape index (κ3) is 3.70. The van der Waals surface area contributed by atoms with Crippen LogP contribution in [-0.4, -0.2) is 45.1 Å². The van der Waals surface area contributed by atoms with Crippen molar-refractivity contribution in [3.05, 3.63) is 11.6 Å². The molecule has 1 aliphatic heterocycles. The van der Waals surface area contributed by atoms with Crippen LogP contribution in [0, 0.1) is 24.7 Å². The highest BCUT2D eigenvalue weighted by Crippen LogP contribution is 2.42. The van der Waals surface area contributed by atoms with E-state index in [1.165, 1.54) is 19.3 Å². The number of carbonyl (C=O) groups is 1. The molecule has 0 aromatic carbocycles. The van der Waals surface area contributed by atoms with Gasteiger partial charge in [0.15, 0.2) is 5.82 Å². The van der Waals surface area contributed by atoms with Crippen molar-refractivity contribution in [3.8, 4) is 0 Å². The van der Waals surface area contributed by atoms with Crippen LogP contribution in [0.4, 0.5) is 0 Å². The van der Waals surface area contributed by atoms with Crippen molar-refractivity contribution in [1.29, 1.82) is 0 Å². The van der Waals surface area contributed by atoms with Crippen LogP contribution in [-0.2, 0) is 4.79 Å². The van der Waals surface area contributed by atoms with Gasteiger partial charge in [-0.05, 0) is 57.3 Å². The van der Waals surface area contributed by atoms with Crippen molar-refractivity contribution in [2.75, 3.05) is 13.1 Å². The van der Waals surface area contributed by atoms with Crippen molar-refractivity contribution in [2.45, 2.75) is 63.8 Å². The predicted molar refractivity (Wildman–Crippen MR) is 98.5 cm³/mol. The Bertz CT molecular complexity index is 592. The first-order chi connectivity index (χ1) is 11.6. The molecule has 140 valence electrons. The molecule has 3 fully saturated rings. The molecule has 2 aliphatic carbocycles. The number of hydrogen-bond acceptors (Lipinski definition) is 4. The van der Waals surface area contributed by atoms with Crippen molar-refractivity contribution in [2.24, 2.45) is 23.5 Å². The molecule has 2 bridgehead atoms. The Kier molecular flexibility index (Phi) is 5.68. The lowest BCUT2D eigenvalue weighted by Gasteiger charge is -2.45. The smallest absolute Gasteiger partial charge is 0.225 e. The van der Waals surface area contributed by atoms with Crippen LogP contribution in [0.5, 0.6) is 0 Å². The second-order valence-corrected chi connectivity index (χ2v) is 8.10. The van der Waals surface area contributed by atoms with E-state index in [9.17, 15) is 4.79 Å². The first-order valence-electron chi connectivity index (χ1n) is 9.55. The maximum Gasteiger partial charge on any atom is 0.225 e. The fraction of sp³-hybridized carbons (Fsp3) is 0.833. The third-order valence-corrected chi connectivity index (χ3v) is 6.47. The zero-order valence-corrected chi connectivity index (χ0v) is 15.8. The molecule has 1 saturated heterocycles. The van der Waals surface area contributed by atoms with Gasteiger partial charge < -0.3 is 10.6 Å². The Labute approximate surface area is 155 Å². The molecule has 0 spiro atoms. The quantitative estimate of drug-likeness (QED) is 0.840. The molecule has 2 saturated carbocycles. The summed E-state index contributed by atoms with van der Waals surface area (Å²) in [6, 6.07) is 0.327. The maximum absolute atomic E-state index is 13.1.